The standard InChI is InChI=1S/C16H20N2O/c1-11(2)17-10-15-14-9-5-7-12-6-3-4-8-13(12)16(14)19-18-15/h3-4,6,8,11,17H,5,7,9-10H2,1-2H3. The Bertz CT molecular complexity index is 572. The number of hydrogen-bond acceptors (Lipinski definition) is 3. The molecular formula is C16H20N2O. The summed E-state index contributed by atoms with van der Waals surface area (Å²) in [5.74, 6) is 0.980. The molecule has 0 fully saturated rings. The molecular weight excluding hydrogens is 236 g/mol. The van der Waals surface area contributed by atoms with Gasteiger partial charge in [0.05, 0.1) is 0 Å². The van der Waals surface area contributed by atoms with Crippen molar-refractivity contribution in [3.63, 3.8) is 0 Å². The van der Waals surface area contributed by atoms with Gasteiger partial charge in [0.25, 0.3) is 0 Å². The molecule has 0 saturated carbocycles. The molecule has 1 aliphatic rings. The Morgan fingerprint density at radius 3 is 2.95 bits per heavy atom. The predicted octanol–water partition coefficient (Wildman–Crippen LogP) is 3.33. The van der Waals surface area contributed by atoms with Gasteiger partial charge in [0, 0.05) is 23.7 Å². The van der Waals surface area contributed by atoms with Crippen molar-refractivity contribution in [2.75, 3.05) is 0 Å². The number of rotatable bonds is 3. The summed E-state index contributed by atoms with van der Waals surface area (Å²) >= 11 is 0. The average Bonchev–Trinajstić information content (AvgIpc) is 2.71. The average molecular weight is 256 g/mol. The van der Waals surface area contributed by atoms with Crippen LogP contribution < -0.4 is 5.32 Å². The van der Waals surface area contributed by atoms with Gasteiger partial charge in [-0.1, -0.05) is 43.3 Å². The lowest BCUT2D eigenvalue weighted by molar-refractivity contribution is 0.417. The highest BCUT2D eigenvalue weighted by Gasteiger charge is 2.22. The Hall–Kier alpha value is -1.61. The fourth-order valence-electron chi connectivity index (χ4n) is 2.67. The Morgan fingerprint density at radius 2 is 2.11 bits per heavy atom. The highest BCUT2D eigenvalue weighted by molar-refractivity contribution is 5.67. The lowest BCUT2D eigenvalue weighted by Gasteiger charge is -2.06. The number of benzene rings is 1. The smallest absolute Gasteiger partial charge is 0.170 e. The minimum atomic E-state index is 0.463. The number of fused-ring (bicyclic) bond motifs is 3. The fraction of sp³-hybridized carbons (Fsp3) is 0.438. The lowest BCUT2D eigenvalue weighted by atomic mass is 10.0. The molecule has 0 unspecified atom stereocenters. The van der Waals surface area contributed by atoms with E-state index in [4.69, 9.17) is 4.52 Å². The molecule has 0 aliphatic heterocycles. The summed E-state index contributed by atoms with van der Waals surface area (Å²) in [6, 6.07) is 8.97. The molecule has 3 rings (SSSR count). The van der Waals surface area contributed by atoms with Crippen LogP contribution >= 0.6 is 0 Å². The quantitative estimate of drug-likeness (QED) is 0.915. The van der Waals surface area contributed by atoms with Crippen molar-refractivity contribution in [1.29, 1.82) is 0 Å². The Kier molecular flexibility index (Phi) is 3.38. The number of hydrogen-bond donors (Lipinski definition) is 1. The van der Waals surface area contributed by atoms with E-state index in [-0.39, 0.29) is 0 Å². The minimum absolute atomic E-state index is 0.463. The molecule has 3 heteroatoms. The summed E-state index contributed by atoms with van der Waals surface area (Å²) in [5.41, 5.74) is 4.96. The van der Waals surface area contributed by atoms with Gasteiger partial charge >= 0.3 is 0 Å². The van der Waals surface area contributed by atoms with E-state index in [9.17, 15) is 0 Å². The third kappa shape index (κ3) is 2.43. The van der Waals surface area contributed by atoms with Gasteiger partial charge in [-0.15, -0.1) is 0 Å². The van der Waals surface area contributed by atoms with Gasteiger partial charge < -0.3 is 9.84 Å². The van der Waals surface area contributed by atoms with Gasteiger partial charge in [-0.25, -0.2) is 0 Å². The summed E-state index contributed by atoms with van der Waals surface area (Å²) in [4.78, 5) is 0. The third-order valence-electron chi connectivity index (χ3n) is 3.68. The van der Waals surface area contributed by atoms with E-state index in [0.717, 1.165) is 30.8 Å². The first-order chi connectivity index (χ1) is 9.25. The van der Waals surface area contributed by atoms with Crippen molar-refractivity contribution in [3.8, 4) is 11.3 Å². The molecule has 1 aromatic heterocycles. The minimum Gasteiger partial charge on any atom is -0.356 e. The normalized spacial score (nSPS) is 14.1. The number of nitrogens with one attached hydrogen (secondary N) is 1. The van der Waals surface area contributed by atoms with E-state index in [1.807, 2.05) is 0 Å². The van der Waals surface area contributed by atoms with E-state index < -0.39 is 0 Å². The Morgan fingerprint density at radius 1 is 1.26 bits per heavy atom. The van der Waals surface area contributed by atoms with Crippen LogP contribution in [0.1, 0.15) is 37.1 Å². The zero-order valence-corrected chi connectivity index (χ0v) is 11.6. The molecule has 19 heavy (non-hydrogen) atoms. The van der Waals surface area contributed by atoms with Gasteiger partial charge in [0.1, 0.15) is 5.69 Å². The largest absolute Gasteiger partial charge is 0.356 e. The second kappa shape index (κ2) is 5.17. The maximum atomic E-state index is 5.64. The molecule has 1 heterocycles. The van der Waals surface area contributed by atoms with Crippen LogP contribution in [0, 0.1) is 0 Å². The Balaban J connectivity index is 1.97. The second-order valence-corrected chi connectivity index (χ2v) is 5.48. The van der Waals surface area contributed by atoms with Crippen molar-refractivity contribution in [3.05, 3.63) is 41.1 Å². The van der Waals surface area contributed by atoms with Crippen LogP contribution in [0.4, 0.5) is 0 Å². The summed E-state index contributed by atoms with van der Waals surface area (Å²) in [5, 5.41) is 7.69. The first kappa shape index (κ1) is 12.4. The molecule has 0 bridgehead atoms. The van der Waals surface area contributed by atoms with Crippen LogP contribution in [0.5, 0.6) is 0 Å². The summed E-state index contributed by atoms with van der Waals surface area (Å²) < 4.78 is 5.64. The number of aromatic nitrogens is 1. The van der Waals surface area contributed by atoms with Crippen LogP contribution in [0.15, 0.2) is 28.8 Å². The van der Waals surface area contributed by atoms with Crippen LogP contribution in [0.2, 0.25) is 0 Å². The SMILES string of the molecule is CC(C)NCc1noc2c1CCCc1ccccc1-2. The van der Waals surface area contributed by atoms with E-state index in [1.54, 1.807) is 0 Å². The molecule has 1 aromatic carbocycles. The molecule has 0 spiro atoms. The topological polar surface area (TPSA) is 38.1 Å². The summed E-state index contributed by atoms with van der Waals surface area (Å²) in [6.07, 6.45) is 3.35. The molecule has 0 radical (unpaired) electrons. The summed E-state index contributed by atoms with van der Waals surface area (Å²) in [6.45, 7) is 5.08. The fourth-order valence-corrected chi connectivity index (χ4v) is 2.67. The molecule has 1 N–H and O–H groups in total. The molecule has 0 saturated heterocycles. The zero-order chi connectivity index (χ0) is 13.2. The van der Waals surface area contributed by atoms with E-state index in [2.05, 4.69) is 48.6 Å². The summed E-state index contributed by atoms with van der Waals surface area (Å²) in [7, 11) is 0. The van der Waals surface area contributed by atoms with Crippen LogP contribution in [-0.2, 0) is 19.4 Å². The highest BCUT2D eigenvalue weighted by atomic mass is 16.5. The van der Waals surface area contributed by atoms with Gasteiger partial charge in [-0.05, 0) is 24.8 Å². The van der Waals surface area contributed by atoms with Gasteiger partial charge in [-0.2, -0.15) is 0 Å². The predicted molar refractivity (Wildman–Crippen MR) is 75.9 cm³/mol. The van der Waals surface area contributed by atoms with Crippen molar-refractivity contribution < 1.29 is 4.52 Å². The maximum absolute atomic E-state index is 5.64. The van der Waals surface area contributed by atoms with Crippen molar-refractivity contribution in [1.82, 2.24) is 10.5 Å². The Labute approximate surface area is 114 Å². The highest BCUT2D eigenvalue weighted by Crippen LogP contribution is 2.34. The molecule has 3 nitrogen and oxygen atoms in total. The van der Waals surface area contributed by atoms with E-state index in [0.29, 0.717) is 6.04 Å². The van der Waals surface area contributed by atoms with Gasteiger partial charge in [0.2, 0.25) is 0 Å². The van der Waals surface area contributed by atoms with Crippen molar-refractivity contribution in [2.45, 2.75) is 45.7 Å². The second-order valence-electron chi connectivity index (χ2n) is 5.48. The zero-order valence-electron chi connectivity index (χ0n) is 11.6. The number of nitrogens with zero attached hydrogens (tertiary/aromatic N) is 1. The van der Waals surface area contributed by atoms with Crippen molar-refractivity contribution in [2.24, 2.45) is 0 Å². The first-order valence-electron chi connectivity index (χ1n) is 7.05. The molecule has 0 atom stereocenters. The van der Waals surface area contributed by atoms with E-state index in [1.165, 1.54) is 23.1 Å². The van der Waals surface area contributed by atoms with Crippen LogP contribution in [0.3, 0.4) is 0 Å². The van der Waals surface area contributed by atoms with Crippen LogP contribution in [0.25, 0.3) is 11.3 Å². The maximum Gasteiger partial charge on any atom is 0.170 e. The van der Waals surface area contributed by atoms with Crippen molar-refractivity contribution >= 4 is 0 Å². The van der Waals surface area contributed by atoms with Crippen LogP contribution in [-0.4, -0.2) is 11.2 Å². The third-order valence-corrected chi connectivity index (χ3v) is 3.68. The first-order valence-corrected chi connectivity index (χ1v) is 7.05. The molecule has 2 aromatic rings. The van der Waals surface area contributed by atoms with Gasteiger partial charge in [-0.3, -0.25) is 0 Å². The number of aryl methyl sites for hydroxylation is 1. The molecule has 1 aliphatic carbocycles. The lowest BCUT2D eigenvalue weighted by Crippen LogP contribution is -2.22. The van der Waals surface area contributed by atoms with E-state index >= 15 is 0 Å². The van der Waals surface area contributed by atoms with Gasteiger partial charge in [0.15, 0.2) is 5.76 Å². The monoisotopic (exact) mass is 256 g/mol. The molecule has 100 valence electrons. The molecule has 0 amide bonds.